The first-order valence-electron chi connectivity index (χ1n) is 5.48. The fraction of sp³-hybridized carbons (Fsp3) is 0.308. The number of amides is 1. The first kappa shape index (κ1) is 13.6. The molecule has 17 heavy (non-hydrogen) atoms. The van der Waals surface area contributed by atoms with E-state index < -0.39 is 0 Å². The molecular weight excluding hydrogens is 238 g/mol. The third-order valence-corrected chi connectivity index (χ3v) is 2.33. The van der Waals surface area contributed by atoms with Crippen LogP contribution in [0.3, 0.4) is 0 Å². The van der Waals surface area contributed by atoms with Gasteiger partial charge in [0.25, 0.3) is 0 Å². The predicted octanol–water partition coefficient (Wildman–Crippen LogP) is 2.80. The third-order valence-electron chi connectivity index (χ3n) is 2.07. The van der Waals surface area contributed by atoms with Gasteiger partial charge >= 0.3 is 0 Å². The molecule has 0 radical (unpaired) electrons. The van der Waals surface area contributed by atoms with E-state index in [1.165, 1.54) is 0 Å². The quantitative estimate of drug-likeness (QED) is 0.599. The minimum absolute atomic E-state index is 0.0182. The molecule has 0 spiro atoms. The van der Waals surface area contributed by atoms with Gasteiger partial charge in [-0.1, -0.05) is 17.7 Å². The zero-order valence-corrected chi connectivity index (χ0v) is 10.4. The Morgan fingerprint density at radius 2 is 2.12 bits per heavy atom. The Bertz CT molecular complexity index is 362. The number of rotatable bonds is 7. The average Bonchev–Trinajstić information content (AvgIpc) is 2.34. The van der Waals surface area contributed by atoms with Crippen LogP contribution in [-0.4, -0.2) is 19.1 Å². The summed E-state index contributed by atoms with van der Waals surface area (Å²) >= 11 is 5.75. The zero-order valence-electron chi connectivity index (χ0n) is 9.62. The van der Waals surface area contributed by atoms with Crippen molar-refractivity contribution in [2.45, 2.75) is 12.8 Å². The molecule has 0 aliphatic carbocycles. The molecule has 0 fully saturated rings. The Morgan fingerprint density at radius 1 is 1.41 bits per heavy atom. The van der Waals surface area contributed by atoms with Crippen LogP contribution in [0.1, 0.15) is 12.8 Å². The van der Waals surface area contributed by atoms with E-state index in [9.17, 15) is 4.79 Å². The van der Waals surface area contributed by atoms with Crippen LogP contribution in [0.4, 0.5) is 0 Å². The van der Waals surface area contributed by atoms with Gasteiger partial charge in [0, 0.05) is 18.0 Å². The molecule has 4 heteroatoms. The Kier molecular flexibility index (Phi) is 6.18. The van der Waals surface area contributed by atoms with Crippen molar-refractivity contribution in [1.29, 1.82) is 0 Å². The van der Waals surface area contributed by atoms with Crippen LogP contribution >= 0.6 is 11.6 Å². The van der Waals surface area contributed by atoms with Gasteiger partial charge in [-0.2, -0.15) is 0 Å². The molecule has 1 aromatic rings. The number of nitrogens with one attached hydrogen (secondary N) is 1. The number of hydrogen-bond acceptors (Lipinski definition) is 2. The summed E-state index contributed by atoms with van der Waals surface area (Å²) in [5.41, 5.74) is 0. The Hall–Kier alpha value is -1.48. The summed E-state index contributed by atoms with van der Waals surface area (Å²) in [6.07, 6.45) is 2.80. The second kappa shape index (κ2) is 7.74. The minimum atomic E-state index is 0.0182. The van der Waals surface area contributed by atoms with E-state index in [0.717, 1.165) is 5.75 Å². The van der Waals surface area contributed by atoms with Gasteiger partial charge in [-0.25, -0.2) is 0 Å². The van der Waals surface area contributed by atoms with Gasteiger partial charge in [0.05, 0.1) is 6.61 Å². The number of carbonyl (C=O) groups excluding carboxylic acids is 1. The number of halogens is 1. The van der Waals surface area contributed by atoms with Crippen LogP contribution in [0, 0.1) is 0 Å². The molecule has 92 valence electrons. The first-order chi connectivity index (χ1) is 8.22. The standard InChI is InChI=1S/C13H16ClNO2/c1-2-9-15-13(16)4-3-10-17-12-7-5-11(14)6-8-12/h2,5-8H,1,3-4,9-10H2,(H,15,16). The van der Waals surface area contributed by atoms with Gasteiger partial charge < -0.3 is 10.1 Å². The number of hydrogen-bond donors (Lipinski definition) is 1. The van der Waals surface area contributed by atoms with Crippen LogP contribution in [0.15, 0.2) is 36.9 Å². The molecule has 0 aliphatic heterocycles. The summed E-state index contributed by atoms with van der Waals surface area (Å²) in [4.78, 5) is 11.2. The van der Waals surface area contributed by atoms with Gasteiger partial charge in [-0.3, -0.25) is 4.79 Å². The lowest BCUT2D eigenvalue weighted by atomic mass is 10.3. The van der Waals surface area contributed by atoms with Crippen molar-refractivity contribution in [2.75, 3.05) is 13.2 Å². The van der Waals surface area contributed by atoms with E-state index in [1.807, 2.05) is 0 Å². The maximum atomic E-state index is 11.2. The van der Waals surface area contributed by atoms with Crippen molar-refractivity contribution in [2.24, 2.45) is 0 Å². The van der Waals surface area contributed by atoms with Crippen LogP contribution in [0.25, 0.3) is 0 Å². The van der Waals surface area contributed by atoms with Crippen LogP contribution < -0.4 is 10.1 Å². The normalized spacial score (nSPS) is 9.71. The molecule has 0 aliphatic rings. The van der Waals surface area contributed by atoms with E-state index in [1.54, 1.807) is 30.3 Å². The number of benzene rings is 1. The van der Waals surface area contributed by atoms with Gasteiger partial charge in [0.15, 0.2) is 0 Å². The second-order valence-electron chi connectivity index (χ2n) is 3.50. The maximum absolute atomic E-state index is 11.2. The summed E-state index contributed by atoms with van der Waals surface area (Å²) in [6, 6.07) is 7.15. The SMILES string of the molecule is C=CCNC(=O)CCCOc1ccc(Cl)cc1. The largest absolute Gasteiger partial charge is 0.494 e. The van der Waals surface area contributed by atoms with Crippen molar-refractivity contribution in [1.82, 2.24) is 5.32 Å². The van der Waals surface area contributed by atoms with Crippen LogP contribution in [-0.2, 0) is 4.79 Å². The van der Waals surface area contributed by atoms with E-state index >= 15 is 0 Å². The smallest absolute Gasteiger partial charge is 0.220 e. The highest BCUT2D eigenvalue weighted by atomic mass is 35.5. The molecule has 1 rings (SSSR count). The molecule has 1 aromatic carbocycles. The Balaban J connectivity index is 2.13. The van der Waals surface area contributed by atoms with Crippen LogP contribution in [0.2, 0.25) is 5.02 Å². The Morgan fingerprint density at radius 3 is 2.76 bits per heavy atom. The lowest BCUT2D eigenvalue weighted by molar-refractivity contribution is -0.121. The highest BCUT2D eigenvalue weighted by Crippen LogP contribution is 2.15. The molecule has 0 atom stereocenters. The van der Waals surface area contributed by atoms with Crippen LogP contribution in [0.5, 0.6) is 5.75 Å². The van der Waals surface area contributed by atoms with E-state index in [-0.39, 0.29) is 5.91 Å². The van der Waals surface area contributed by atoms with Gasteiger partial charge in [-0.05, 0) is 30.7 Å². The minimum Gasteiger partial charge on any atom is -0.494 e. The summed E-state index contributed by atoms with van der Waals surface area (Å²) in [5.74, 6) is 0.783. The van der Waals surface area contributed by atoms with Crippen molar-refractivity contribution < 1.29 is 9.53 Å². The zero-order chi connectivity index (χ0) is 12.5. The summed E-state index contributed by atoms with van der Waals surface area (Å²) < 4.78 is 5.46. The number of ether oxygens (including phenoxy) is 1. The fourth-order valence-corrected chi connectivity index (χ4v) is 1.35. The molecule has 1 N–H and O–H groups in total. The van der Waals surface area contributed by atoms with Gasteiger partial charge in [0.1, 0.15) is 5.75 Å². The van der Waals surface area contributed by atoms with Crippen molar-refractivity contribution in [3.63, 3.8) is 0 Å². The molecule has 0 unspecified atom stereocenters. The van der Waals surface area contributed by atoms with E-state index in [0.29, 0.717) is 31.0 Å². The average molecular weight is 254 g/mol. The summed E-state index contributed by atoms with van der Waals surface area (Å²) in [6.45, 7) is 4.55. The molecule has 3 nitrogen and oxygen atoms in total. The van der Waals surface area contributed by atoms with Crippen molar-refractivity contribution >= 4 is 17.5 Å². The molecule has 1 amide bonds. The van der Waals surface area contributed by atoms with Gasteiger partial charge in [-0.15, -0.1) is 6.58 Å². The summed E-state index contributed by atoms with van der Waals surface area (Å²) in [7, 11) is 0. The second-order valence-corrected chi connectivity index (χ2v) is 3.94. The summed E-state index contributed by atoms with van der Waals surface area (Å²) in [5, 5.41) is 3.39. The molecule has 0 aromatic heterocycles. The highest BCUT2D eigenvalue weighted by Gasteiger charge is 1.99. The topological polar surface area (TPSA) is 38.3 Å². The lowest BCUT2D eigenvalue weighted by Gasteiger charge is -2.06. The predicted molar refractivity (Wildman–Crippen MR) is 69.4 cm³/mol. The molecule has 0 heterocycles. The first-order valence-corrected chi connectivity index (χ1v) is 5.86. The van der Waals surface area contributed by atoms with Crippen molar-refractivity contribution in [3.05, 3.63) is 41.9 Å². The Labute approximate surface area is 106 Å². The van der Waals surface area contributed by atoms with Gasteiger partial charge in [0.2, 0.25) is 5.91 Å². The maximum Gasteiger partial charge on any atom is 0.220 e. The molecular formula is C13H16ClNO2. The number of carbonyl (C=O) groups is 1. The van der Waals surface area contributed by atoms with Crippen molar-refractivity contribution in [3.8, 4) is 5.75 Å². The molecule has 0 saturated carbocycles. The lowest BCUT2D eigenvalue weighted by Crippen LogP contribution is -2.23. The highest BCUT2D eigenvalue weighted by molar-refractivity contribution is 6.30. The monoisotopic (exact) mass is 253 g/mol. The third kappa shape index (κ3) is 5.97. The van der Waals surface area contributed by atoms with E-state index in [4.69, 9.17) is 16.3 Å². The fourth-order valence-electron chi connectivity index (χ4n) is 1.23. The molecule has 0 bridgehead atoms. The van der Waals surface area contributed by atoms with E-state index in [2.05, 4.69) is 11.9 Å². The molecule has 0 saturated heterocycles.